The summed E-state index contributed by atoms with van der Waals surface area (Å²) in [7, 11) is 0. The number of nitrogens with zero attached hydrogens (tertiary/aromatic N) is 3. The van der Waals surface area contributed by atoms with Crippen LogP contribution in [0.2, 0.25) is 0 Å². The van der Waals surface area contributed by atoms with Gasteiger partial charge in [0, 0.05) is 26.2 Å². The van der Waals surface area contributed by atoms with Crippen LogP contribution in [0, 0.1) is 6.92 Å². The zero-order chi connectivity index (χ0) is 17.9. The van der Waals surface area contributed by atoms with Gasteiger partial charge in [-0.2, -0.15) is 13.2 Å². The molecule has 1 fully saturated rings. The van der Waals surface area contributed by atoms with Crippen molar-refractivity contribution in [2.75, 3.05) is 32.7 Å². The van der Waals surface area contributed by atoms with Crippen molar-refractivity contribution in [3.63, 3.8) is 0 Å². The second kappa shape index (κ2) is 7.16. The minimum Gasteiger partial charge on any atom is -0.369 e. The van der Waals surface area contributed by atoms with Gasteiger partial charge in [0.05, 0.1) is 17.8 Å². The van der Waals surface area contributed by atoms with Gasteiger partial charge in [0.2, 0.25) is 5.91 Å². The monoisotopic (exact) mass is 344 g/mol. The molecule has 0 aliphatic carbocycles. The highest BCUT2D eigenvalue weighted by Crippen LogP contribution is 2.28. The van der Waals surface area contributed by atoms with E-state index in [1.165, 1.54) is 13.0 Å². The average molecular weight is 344 g/mol. The maximum atomic E-state index is 12.7. The van der Waals surface area contributed by atoms with Gasteiger partial charge in [-0.1, -0.05) is 0 Å². The van der Waals surface area contributed by atoms with Gasteiger partial charge >= 0.3 is 6.18 Å². The second-order valence-electron chi connectivity index (χ2n) is 5.72. The summed E-state index contributed by atoms with van der Waals surface area (Å²) in [5.74, 6) is -0.785. The number of amides is 2. The Kier molecular flexibility index (Phi) is 5.43. The Morgan fingerprint density at radius 2 is 1.92 bits per heavy atom. The molecule has 1 saturated heterocycles. The van der Waals surface area contributed by atoms with E-state index in [0.717, 1.165) is 6.07 Å². The molecule has 24 heavy (non-hydrogen) atoms. The Hall–Kier alpha value is -2.16. The maximum absolute atomic E-state index is 12.7. The molecule has 2 amide bonds. The van der Waals surface area contributed by atoms with E-state index in [4.69, 9.17) is 5.73 Å². The van der Waals surface area contributed by atoms with Gasteiger partial charge in [0.15, 0.2) is 0 Å². The highest BCUT2D eigenvalue weighted by Gasteiger charge is 2.33. The molecule has 6 nitrogen and oxygen atoms in total. The molecule has 0 radical (unpaired) electrons. The van der Waals surface area contributed by atoms with Crippen molar-refractivity contribution in [3.8, 4) is 0 Å². The lowest BCUT2D eigenvalue weighted by Gasteiger charge is -2.22. The summed E-state index contributed by atoms with van der Waals surface area (Å²) in [6.45, 7) is 3.49. The molecule has 0 atom stereocenters. The normalized spacial score (nSPS) is 16.8. The Morgan fingerprint density at radius 3 is 2.50 bits per heavy atom. The van der Waals surface area contributed by atoms with Crippen LogP contribution in [-0.2, 0) is 11.0 Å². The molecule has 0 bridgehead atoms. The number of alkyl halides is 3. The molecule has 1 aliphatic rings. The lowest BCUT2D eigenvalue weighted by Crippen LogP contribution is -2.38. The largest absolute Gasteiger partial charge is 0.433 e. The maximum Gasteiger partial charge on any atom is 0.433 e. The van der Waals surface area contributed by atoms with Gasteiger partial charge in [0.25, 0.3) is 5.91 Å². The van der Waals surface area contributed by atoms with Gasteiger partial charge in [0.1, 0.15) is 5.69 Å². The zero-order valence-corrected chi connectivity index (χ0v) is 13.3. The van der Waals surface area contributed by atoms with Crippen LogP contribution in [-0.4, -0.2) is 59.3 Å². The summed E-state index contributed by atoms with van der Waals surface area (Å²) in [4.78, 5) is 30.4. The van der Waals surface area contributed by atoms with Crippen molar-refractivity contribution in [1.82, 2.24) is 14.8 Å². The Bertz CT molecular complexity index is 634. The lowest BCUT2D eigenvalue weighted by atomic mass is 10.1. The quantitative estimate of drug-likeness (QED) is 0.889. The summed E-state index contributed by atoms with van der Waals surface area (Å²) in [5.41, 5.74) is 4.36. The number of aromatic nitrogens is 1. The zero-order valence-electron chi connectivity index (χ0n) is 13.3. The van der Waals surface area contributed by atoms with E-state index in [1.54, 1.807) is 4.90 Å². The van der Waals surface area contributed by atoms with Crippen LogP contribution < -0.4 is 5.73 Å². The fourth-order valence-corrected chi connectivity index (χ4v) is 2.67. The van der Waals surface area contributed by atoms with Crippen molar-refractivity contribution in [1.29, 1.82) is 0 Å². The van der Waals surface area contributed by atoms with Crippen LogP contribution in [0.5, 0.6) is 0 Å². The molecule has 0 spiro atoms. The molecule has 0 unspecified atom stereocenters. The van der Waals surface area contributed by atoms with Gasteiger partial charge in [-0.3, -0.25) is 14.5 Å². The van der Waals surface area contributed by atoms with E-state index < -0.39 is 17.8 Å². The minimum atomic E-state index is -4.54. The average Bonchev–Trinajstić information content (AvgIpc) is 2.70. The number of carbonyl (C=O) groups excluding carboxylic acids is 2. The molecule has 2 N–H and O–H groups in total. The summed E-state index contributed by atoms with van der Waals surface area (Å²) < 4.78 is 38.0. The molecule has 2 heterocycles. The van der Waals surface area contributed by atoms with Crippen molar-refractivity contribution >= 4 is 11.8 Å². The molecule has 0 aromatic carbocycles. The Labute approximate surface area is 137 Å². The highest BCUT2D eigenvalue weighted by molar-refractivity contribution is 5.95. The first-order chi connectivity index (χ1) is 11.2. The number of primary amides is 1. The van der Waals surface area contributed by atoms with Gasteiger partial charge in [-0.25, -0.2) is 4.98 Å². The van der Waals surface area contributed by atoms with E-state index in [0.29, 0.717) is 32.6 Å². The molecule has 2 rings (SSSR count). The minimum absolute atomic E-state index is 0.0491. The van der Waals surface area contributed by atoms with Crippen LogP contribution in [0.3, 0.4) is 0 Å². The molecular weight excluding hydrogens is 325 g/mol. The standard InChI is InChI=1S/C15H19F3N4O2/c1-10-11(3-4-12(20-10)15(16,17)18)14(24)22-6-2-5-21(7-8-22)9-13(19)23/h3-4H,2,5-9H2,1H3,(H2,19,23). The van der Waals surface area contributed by atoms with E-state index in [2.05, 4.69) is 4.98 Å². The Balaban J connectivity index is 2.10. The van der Waals surface area contributed by atoms with Gasteiger partial charge in [-0.15, -0.1) is 0 Å². The third kappa shape index (κ3) is 4.44. The van der Waals surface area contributed by atoms with Crippen molar-refractivity contribution in [2.24, 2.45) is 5.73 Å². The van der Waals surface area contributed by atoms with Gasteiger partial charge in [-0.05, 0) is 25.5 Å². The molecule has 1 aliphatic heterocycles. The van der Waals surface area contributed by atoms with Crippen LogP contribution in [0.1, 0.15) is 28.2 Å². The Morgan fingerprint density at radius 1 is 1.21 bits per heavy atom. The van der Waals surface area contributed by atoms with Crippen LogP contribution in [0.4, 0.5) is 13.2 Å². The first kappa shape index (κ1) is 18.2. The SMILES string of the molecule is Cc1nc(C(F)(F)F)ccc1C(=O)N1CCCN(CC(N)=O)CC1. The fraction of sp³-hybridized carbons (Fsp3) is 0.533. The molecule has 132 valence electrons. The third-order valence-corrected chi connectivity index (χ3v) is 3.86. The molecular formula is C15H19F3N4O2. The molecule has 1 aromatic heterocycles. The second-order valence-corrected chi connectivity index (χ2v) is 5.72. The number of pyridine rings is 1. The van der Waals surface area contributed by atoms with Crippen molar-refractivity contribution in [2.45, 2.75) is 19.5 Å². The number of aryl methyl sites for hydroxylation is 1. The van der Waals surface area contributed by atoms with Crippen molar-refractivity contribution in [3.05, 3.63) is 29.1 Å². The number of nitrogens with two attached hydrogens (primary N) is 1. The lowest BCUT2D eigenvalue weighted by molar-refractivity contribution is -0.141. The van der Waals surface area contributed by atoms with Crippen LogP contribution >= 0.6 is 0 Å². The summed E-state index contributed by atoms with van der Waals surface area (Å²) in [5, 5.41) is 0. The molecule has 9 heteroatoms. The van der Waals surface area contributed by atoms with Crippen molar-refractivity contribution < 1.29 is 22.8 Å². The predicted octanol–water partition coefficient (Wildman–Crippen LogP) is 1.04. The van der Waals surface area contributed by atoms with E-state index in [-0.39, 0.29) is 23.7 Å². The first-order valence-electron chi connectivity index (χ1n) is 7.53. The van der Waals surface area contributed by atoms with Crippen LogP contribution in [0.15, 0.2) is 12.1 Å². The van der Waals surface area contributed by atoms with E-state index in [9.17, 15) is 22.8 Å². The van der Waals surface area contributed by atoms with E-state index in [1.807, 2.05) is 4.90 Å². The summed E-state index contributed by atoms with van der Waals surface area (Å²) >= 11 is 0. The fourth-order valence-electron chi connectivity index (χ4n) is 2.67. The summed E-state index contributed by atoms with van der Waals surface area (Å²) in [6.07, 6.45) is -3.88. The third-order valence-electron chi connectivity index (χ3n) is 3.86. The summed E-state index contributed by atoms with van der Waals surface area (Å²) in [6, 6.07) is 1.98. The number of rotatable bonds is 3. The highest BCUT2D eigenvalue weighted by atomic mass is 19.4. The first-order valence-corrected chi connectivity index (χ1v) is 7.53. The predicted molar refractivity (Wildman–Crippen MR) is 80.1 cm³/mol. The van der Waals surface area contributed by atoms with Crippen LogP contribution in [0.25, 0.3) is 0 Å². The number of halogens is 3. The number of hydrogen-bond acceptors (Lipinski definition) is 4. The van der Waals surface area contributed by atoms with Gasteiger partial charge < -0.3 is 10.6 Å². The van der Waals surface area contributed by atoms with E-state index >= 15 is 0 Å². The number of carbonyl (C=O) groups is 2. The molecule has 0 saturated carbocycles. The topological polar surface area (TPSA) is 79.5 Å². The smallest absolute Gasteiger partial charge is 0.369 e. The number of hydrogen-bond donors (Lipinski definition) is 1. The molecule has 1 aromatic rings.